The van der Waals surface area contributed by atoms with E-state index < -0.39 is 10.0 Å². The Morgan fingerprint density at radius 2 is 1.86 bits per heavy atom. The Balaban J connectivity index is 2.17. The summed E-state index contributed by atoms with van der Waals surface area (Å²) in [6.45, 7) is 7.51. The molecule has 0 aromatic heterocycles. The van der Waals surface area contributed by atoms with Gasteiger partial charge in [0.25, 0.3) is 0 Å². The summed E-state index contributed by atoms with van der Waals surface area (Å²) in [4.78, 5) is 0.361. The van der Waals surface area contributed by atoms with Gasteiger partial charge in [0.2, 0.25) is 10.0 Å². The van der Waals surface area contributed by atoms with Crippen molar-refractivity contribution >= 4 is 10.0 Å². The molecule has 0 amide bonds. The average Bonchev–Trinajstić information content (AvgIpc) is 2.88. The van der Waals surface area contributed by atoms with E-state index in [0.29, 0.717) is 24.4 Å². The second kappa shape index (κ2) is 6.07. The third-order valence-corrected chi connectivity index (χ3v) is 6.02. The Morgan fingerprint density at radius 3 is 2.38 bits per heavy atom. The first-order valence-corrected chi connectivity index (χ1v) is 8.90. The van der Waals surface area contributed by atoms with Crippen LogP contribution >= 0.6 is 0 Å². The first kappa shape index (κ1) is 16.5. The number of aliphatic hydroxyl groups is 1. The van der Waals surface area contributed by atoms with Crippen LogP contribution in [0.25, 0.3) is 0 Å². The lowest BCUT2D eigenvalue weighted by Gasteiger charge is -2.20. The van der Waals surface area contributed by atoms with Gasteiger partial charge < -0.3 is 5.11 Å². The minimum absolute atomic E-state index is 0.0160. The molecule has 0 aliphatic carbocycles. The molecule has 21 heavy (non-hydrogen) atoms. The number of hydrogen-bond acceptors (Lipinski definition) is 3. The first-order chi connectivity index (χ1) is 9.75. The van der Waals surface area contributed by atoms with E-state index in [2.05, 4.69) is 20.8 Å². The Morgan fingerprint density at radius 1 is 1.24 bits per heavy atom. The van der Waals surface area contributed by atoms with Gasteiger partial charge >= 0.3 is 0 Å². The van der Waals surface area contributed by atoms with Crippen LogP contribution in [0.3, 0.4) is 0 Å². The molecule has 1 aliphatic heterocycles. The molecule has 4 nitrogen and oxygen atoms in total. The number of nitrogens with zero attached hydrogens (tertiary/aromatic N) is 1. The Hall–Kier alpha value is -0.910. The lowest BCUT2D eigenvalue weighted by molar-refractivity contribution is 0.259. The molecule has 1 aromatic carbocycles. The van der Waals surface area contributed by atoms with Crippen molar-refractivity contribution in [2.75, 3.05) is 19.7 Å². The van der Waals surface area contributed by atoms with Crippen LogP contribution in [0.15, 0.2) is 29.2 Å². The molecular formula is C16H25NO3S. The third kappa shape index (κ3) is 3.65. The molecule has 1 atom stereocenters. The number of benzene rings is 1. The number of sulfonamides is 1. The Bertz CT molecular complexity index is 573. The zero-order valence-electron chi connectivity index (χ0n) is 13.0. The molecule has 1 aliphatic rings. The maximum atomic E-state index is 12.6. The second-order valence-electron chi connectivity index (χ2n) is 6.80. The van der Waals surface area contributed by atoms with Crippen molar-refractivity contribution in [3.63, 3.8) is 0 Å². The van der Waals surface area contributed by atoms with Crippen LogP contribution in [0.5, 0.6) is 0 Å². The molecule has 1 unspecified atom stereocenters. The van der Waals surface area contributed by atoms with Crippen LogP contribution in [0.4, 0.5) is 0 Å². The minimum Gasteiger partial charge on any atom is -0.396 e. The molecule has 5 heteroatoms. The SMILES string of the molecule is CC(C)(C)c1ccc(S(=O)(=O)N2CCC(CCO)C2)cc1. The summed E-state index contributed by atoms with van der Waals surface area (Å²) in [5.74, 6) is 0.277. The van der Waals surface area contributed by atoms with Gasteiger partial charge in [-0.05, 0) is 41.9 Å². The topological polar surface area (TPSA) is 57.6 Å². The first-order valence-electron chi connectivity index (χ1n) is 7.46. The van der Waals surface area contributed by atoms with E-state index in [-0.39, 0.29) is 17.9 Å². The van der Waals surface area contributed by atoms with Crippen molar-refractivity contribution in [3.05, 3.63) is 29.8 Å². The summed E-state index contributed by atoms with van der Waals surface area (Å²) >= 11 is 0. The Labute approximate surface area is 127 Å². The highest BCUT2D eigenvalue weighted by atomic mass is 32.2. The highest BCUT2D eigenvalue weighted by Gasteiger charge is 2.32. The maximum absolute atomic E-state index is 12.6. The summed E-state index contributed by atoms with van der Waals surface area (Å²) in [5, 5.41) is 8.97. The fourth-order valence-corrected chi connectivity index (χ4v) is 4.24. The standard InChI is InChI=1S/C16H25NO3S/c1-16(2,3)14-4-6-15(7-5-14)21(19,20)17-10-8-13(12-17)9-11-18/h4-7,13,18H,8-12H2,1-3H3. The number of hydrogen-bond donors (Lipinski definition) is 1. The van der Waals surface area contributed by atoms with E-state index in [1.165, 1.54) is 0 Å². The predicted molar refractivity (Wildman–Crippen MR) is 83.7 cm³/mol. The molecule has 0 radical (unpaired) electrons. The molecular weight excluding hydrogens is 286 g/mol. The monoisotopic (exact) mass is 311 g/mol. The normalized spacial score (nSPS) is 20.9. The van der Waals surface area contributed by atoms with Crippen LogP contribution in [-0.2, 0) is 15.4 Å². The molecule has 1 fully saturated rings. The van der Waals surface area contributed by atoms with Crippen LogP contribution in [0.1, 0.15) is 39.2 Å². The summed E-state index contributed by atoms with van der Waals surface area (Å²) < 4.78 is 26.8. The molecule has 2 rings (SSSR count). The van der Waals surface area contributed by atoms with E-state index in [1.54, 1.807) is 16.4 Å². The predicted octanol–water partition coefficient (Wildman–Crippen LogP) is 2.38. The van der Waals surface area contributed by atoms with Gasteiger partial charge in [-0.25, -0.2) is 8.42 Å². The quantitative estimate of drug-likeness (QED) is 0.929. The van der Waals surface area contributed by atoms with Crippen molar-refractivity contribution in [1.82, 2.24) is 4.31 Å². The largest absolute Gasteiger partial charge is 0.396 e. The van der Waals surface area contributed by atoms with Crippen molar-refractivity contribution in [2.45, 2.75) is 43.9 Å². The number of rotatable bonds is 4. The molecule has 1 heterocycles. The van der Waals surface area contributed by atoms with Gasteiger partial charge in [-0.3, -0.25) is 0 Å². The van der Waals surface area contributed by atoms with Gasteiger partial charge in [-0.1, -0.05) is 32.9 Å². The molecule has 1 N–H and O–H groups in total. The van der Waals surface area contributed by atoms with Gasteiger partial charge in [0.1, 0.15) is 0 Å². The highest BCUT2D eigenvalue weighted by molar-refractivity contribution is 7.89. The van der Waals surface area contributed by atoms with Gasteiger partial charge in [-0.2, -0.15) is 4.31 Å². The average molecular weight is 311 g/mol. The van der Waals surface area contributed by atoms with Crippen molar-refractivity contribution in [1.29, 1.82) is 0 Å². The van der Waals surface area contributed by atoms with E-state index >= 15 is 0 Å². The van der Waals surface area contributed by atoms with Crippen molar-refractivity contribution < 1.29 is 13.5 Å². The molecule has 0 bridgehead atoms. The van der Waals surface area contributed by atoms with Crippen LogP contribution < -0.4 is 0 Å². The molecule has 1 aromatic rings. The van der Waals surface area contributed by atoms with Gasteiger partial charge in [0, 0.05) is 19.7 Å². The van der Waals surface area contributed by atoms with Crippen molar-refractivity contribution in [2.24, 2.45) is 5.92 Å². The zero-order valence-corrected chi connectivity index (χ0v) is 13.9. The summed E-state index contributed by atoms with van der Waals surface area (Å²) in [5.41, 5.74) is 1.14. The number of aliphatic hydroxyl groups excluding tert-OH is 1. The highest BCUT2D eigenvalue weighted by Crippen LogP contribution is 2.28. The van der Waals surface area contributed by atoms with Gasteiger partial charge in [-0.15, -0.1) is 0 Å². The molecule has 0 spiro atoms. The molecule has 1 saturated heterocycles. The summed E-state index contributed by atoms with van der Waals surface area (Å²) in [6, 6.07) is 7.20. The maximum Gasteiger partial charge on any atom is 0.243 e. The summed E-state index contributed by atoms with van der Waals surface area (Å²) in [7, 11) is -3.40. The van der Waals surface area contributed by atoms with Crippen LogP contribution in [0.2, 0.25) is 0 Å². The van der Waals surface area contributed by atoms with Crippen LogP contribution in [-0.4, -0.2) is 37.5 Å². The lowest BCUT2D eigenvalue weighted by Crippen LogP contribution is -2.29. The van der Waals surface area contributed by atoms with E-state index in [4.69, 9.17) is 5.11 Å². The fraction of sp³-hybridized carbons (Fsp3) is 0.625. The zero-order chi connectivity index (χ0) is 15.7. The fourth-order valence-electron chi connectivity index (χ4n) is 2.71. The van der Waals surface area contributed by atoms with Crippen LogP contribution in [0, 0.1) is 5.92 Å². The minimum atomic E-state index is -3.40. The van der Waals surface area contributed by atoms with Gasteiger partial charge in [0.05, 0.1) is 4.90 Å². The second-order valence-corrected chi connectivity index (χ2v) is 8.74. The van der Waals surface area contributed by atoms with E-state index in [1.807, 2.05) is 12.1 Å². The van der Waals surface area contributed by atoms with Crippen molar-refractivity contribution in [3.8, 4) is 0 Å². The van der Waals surface area contributed by atoms with Gasteiger partial charge in [0.15, 0.2) is 0 Å². The third-order valence-electron chi connectivity index (χ3n) is 4.14. The smallest absolute Gasteiger partial charge is 0.243 e. The van der Waals surface area contributed by atoms with E-state index in [0.717, 1.165) is 12.0 Å². The Kier molecular flexibility index (Phi) is 4.76. The molecule has 0 saturated carbocycles. The van der Waals surface area contributed by atoms with E-state index in [9.17, 15) is 8.42 Å². The lowest BCUT2D eigenvalue weighted by atomic mass is 9.87. The summed E-state index contributed by atoms with van der Waals surface area (Å²) in [6.07, 6.45) is 1.51. The molecule has 118 valence electrons.